The fourth-order valence-electron chi connectivity index (χ4n) is 3.04. The molecule has 1 N–H and O–H groups in total. The van der Waals surface area contributed by atoms with Crippen molar-refractivity contribution in [3.05, 3.63) is 82.3 Å². The number of H-pyrrole nitrogens is 1. The Labute approximate surface area is 136 Å². The minimum atomic E-state index is -0.129. The van der Waals surface area contributed by atoms with Gasteiger partial charge in [-0.3, -0.25) is 14.6 Å². The molecule has 0 atom stereocenters. The van der Waals surface area contributed by atoms with E-state index in [0.717, 1.165) is 16.8 Å². The summed E-state index contributed by atoms with van der Waals surface area (Å²) in [5.41, 5.74) is 3.76. The van der Waals surface area contributed by atoms with Gasteiger partial charge in [0.05, 0.1) is 12.1 Å². The zero-order chi connectivity index (χ0) is 16.4. The average Bonchev–Trinajstić information content (AvgIpc) is 2.82. The predicted octanol–water partition coefficient (Wildman–Crippen LogP) is 4.13. The molecule has 2 aromatic carbocycles. The molecule has 118 valence electrons. The fourth-order valence-corrected chi connectivity index (χ4v) is 3.04. The molecule has 0 amide bonds. The van der Waals surface area contributed by atoms with Crippen LogP contribution in [0.4, 0.5) is 0 Å². The molecule has 0 spiro atoms. The van der Waals surface area contributed by atoms with Crippen molar-refractivity contribution in [1.29, 1.82) is 0 Å². The molecular formula is C20H22N2O. The molecule has 23 heavy (non-hydrogen) atoms. The number of hydrogen-bond donors (Lipinski definition) is 1. The highest BCUT2D eigenvalue weighted by Gasteiger charge is 2.23. The molecule has 0 fully saturated rings. The summed E-state index contributed by atoms with van der Waals surface area (Å²) in [4.78, 5) is 12.8. The van der Waals surface area contributed by atoms with Gasteiger partial charge in [0.15, 0.2) is 0 Å². The summed E-state index contributed by atoms with van der Waals surface area (Å²) >= 11 is 0. The molecule has 0 radical (unpaired) electrons. The lowest BCUT2D eigenvalue weighted by atomic mass is 9.85. The predicted molar refractivity (Wildman–Crippen MR) is 94.7 cm³/mol. The van der Waals surface area contributed by atoms with Crippen molar-refractivity contribution in [2.24, 2.45) is 0 Å². The van der Waals surface area contributed by atoms with Crippen LogP contribution >= 0.6 is 0 Å². The number of aromatic nitrogens is 2. The molecule has 3 rings (SSSR count). The van der Waals surface area contributed by atoms with E-state index in [0.29, 0.717) is 6.54 Å². The van der Waals surface area contributed by atoms with Crippen LogP contribution in [-0.2, 0) is 12.0 Å². The molecule has 3 nitrogen and oxygen atoms in total. The quantitative estimate of drug-likeness (QED) is 0.773. The molecule has 0 unspecified atom stereocenters. The third-order valence-electron chi connectivity index (χ3n) is 4.31. The average molecular weight is 306 g/mol. The molecular weight excluding hydrogens is 284 g/mol. The monoisotopic (exact) mass is 306 g/mol. The van der Waals surface area contributed by atoms with E-state index in [1.807, 2.05) is 55.5 Å². The summed E-state index contributed by atoms with van der Waals surface area (Å²) in [6, 6.07) is 20.1. The smallest absolute Gasteiger partial charge is 0.274 e. The van der Waals surface area contributed by atoms with Crippen LogP contribution in [0.15, 0.2) is 65.5 Å². The zero-order valence-electron chi connectivity index (χ0n) is 13.8. The molecule has 1 heterocycles. The third kappa shape index (κ3) is 3.00. The number of hydrogen-bond acceptors (Lipinski definition) is 1. The molecule has 1 aromatic heterocycles. The van der Waals surface area contributed by atoms with E-state index in [1.54, 1.807) is 4.68 Å². The SMILES string of the molecule is Cc1[nH]n(CC(C)(C)c2ccccc2)c(=O)c1-c1ccccc1. The minimum absolute atomic E-state index is 0.0395. The van der Waals surface area contributed by atoms with E-state index in [2.05, 4.69) is 31.1 Å². The molecule has 0 aliphatic rings. The Morgan fingerprint density at radius 1 is 0.957 bits per heavy atom. The lowest BCUT2D eigenvalue weighted by molar-refractivity contribution is 0.400. The fraction of sp³-hybridized carbons (Fsp3) is 0.250. The maximum atomic E-state index is 12.8. The van der Waals surface area contributed by atoms with E-state index < -0.39 is 0 Å². The van der Waals surface area contributed by atoms with Crippen LogP contribution in [0.1, 0.15) is 25.1 Å². The van der Waals surface area contributed by atoms with Gasteiger partial charge >= 0.3 is 0 Å². The first kappa shape index (κ1) is 15.3. The summed E-state index contributed by atoms with van der Waals surface area (Å²) in [7, 11) is 0. The third-order valence-corrected chi connectivity index (χ3v) is 4.31. The van der Waals surface area contributed by atoms with Gasteiger partial charge in [-0.15, -0.1) is 0 Å². The summed E-state index contributed by atoms with van der Waals surface area (Å²) in [5, 5.41) is 3.24. The van der Waals surface area contributed by atoms with Crippen LogP contribution in [0.3, 0.4) is 0 Å². The van der Waals surface area contributed by atoms with Crippen LogP contribution in [0.5, 0.6) is 0 Å². The second kappa shape index (κ2) is 5.92. The first-order valence-corrected chi connectivity index (χ1v) is 7.89. The van der Waals surface area contributed by atoms with E-state index in [-0.39, 0.29) is 11.0 Å². The summed E-state index contributed by atoms with van der Waals surface area (Å²) < 4.78 is 1.73. The van der Waals surface area contributed by atoms with E-state index >= 15 is 0 Å². The molecule has 3 heteroatoms. The van der Waals surface area contributed by atoms with Gasteiger partial charge in [-0.05, 0) is 18.1 Å². The lowest BCUT2D eigenvalue weighted by Crippen LogP contribution is -2.30. The van der Waals surface area contributed by atoms with E-state index in [4.69, 9.17) is 0 Å². The van der Waals surface area contributed by atoms with Crippen molar-refractivity contribution in [2.75, 3.05) is 0 Å². The lowest BCUT2D eigenvalue weighted by Gasteiger charge is -2.25. The first-order valence-electron chi connectivity index (χ1n) is 7.89. The Hall–Kier alpha value is -2.55. The van der Waals surface area contributed by atoms with Crippen molar-refractivity contribution in [3.8, 4) is 11.1 Å². The van der Waals surface area contributed by atoms with Crippen LogP contribution < -0.4 is 5.56 Å². The van der Waals surface area contributed by atoms with Crippen LogP contribution in [0.2, 0.25) is 0 Å². The van der Waals surface area contributed by atoms with Gasteiger partial charge in [0.25, 0.3) is 5.56 Å². The standard InChI is InChI=1S/C20H22N2O/c1-15-18(16-10-6-4-7-11-16)19(23)22(21-15)14-20(2,3)17-12-8-5-9-13-17/h4-13,21H,14H2,1-3H3. The van der Waals surface area contributed by atoms with E-state index in [9.17, 15) is 4.79 Å². The van der Waals surface area contributed by atoms with Gasteiger partial charge in [0.1, 0.15) is 0 Å². The van der Waals surface area contributed by atoms with Crippen LogP contribution in [0.25, 0.3) is 11.1 Å². The summed E-state index contributed by atoms with van der Waals surface area (Å²) in [6.45, 7) is 6.89. The van der Waals surface area contributed by atoms with Gasteiger partial charge in [-0.25, -0.2) is 0 Å². The number of rotatable bonds is 4. The molecule has 0 aliphatic heterocycles. The second-order valence-corrected chi connectivity index (χ2v) is 6.62. The van der Waals surface area contributed by atoms with Gasteiger partial charge in [0.2, 0.25) is 0 Å². The Morgan fingerprint density at radius 2 is 1.52 bits per heavy atom. The highest BCUT2D eigenvalue weighted by atomic mass is 16.1. The Balaban J connectivity index is 1.98. The summed E-state index contributed by atoms with van der Waals surface area (Å²) in [5.74, 6) is 0. The largest absolute Gasteiger partial charge is 0.299 e. The number of aromatic amines is 1. The van der Waals surface area contributed by atoms with Crippen molar-refractivity contribution in [2.45, 2.75) is 32.7 Å². The van der Waals surface area contributed by atoms with Gasteiger partial charge in [-0.2, -0.15) is 0 Å². The number of nitrogens with one attached hydrogen (secondary N) is 1. The first-order chi connectivity index (χ1) is 11.0. The highest BCUT2D eigenvalue weighted by Crippen LogP contribution is 2.25. The number of benzene rings is 2. The van der Waals surface area contributed by atoms with Crippen molar-refractivity contribution in [3.63, 3.8) is 0 Å². The van der Waals surface area contributed by atoms with Gasteiger partial charge in [0, 0.05) is 11.1 Å². The Kier molecular flexibility index (Phi) is 3.95. The maximum Gasteiger partial charge on any atom is 0.274 e. The molecule has 0 bridgehead atoms. The topological polar surface area (TPSA) is 37.8 Å². The molecule has 0 saturated carbocycles. The van der Waals surface area contributed by atoms with Crippen molar-refractivity contribution >= 4 is 0 Å². The van der Waals surface area contributed by atoms with Crippen molar-refractivity contribution in [1.82, 2.24) is 9.78 Å². The van der Waals surface area contributed by atoms with Crippen LogP contribution in [0, 0.1) is 6.92 Å². The Morgan fingerprint density at radius 3 is 2.13 bits per heavy atom. The normalized spacial score (nSPS) is 11.6. The molecule has 0 aliphatic carbocycles. The molecule has 3 aromatic rings. The molecule has 0 saturated heterocycles. The van der Waals surface area contributed by atoms with Gasteiger partial charge < -0.3 is 0 Å². The Bertz CT molecular complexity index is 842. The second-order valence-electron chi connectivity index (χ2n) is 6.62. The maximum absolute atomic E-state index is 12.8. The van der Waals surface area contributed by atoms with E-state index in [1.165, 1.54) is 5.56 Å². The number of aryl methyl sites for hydroxylation is 1. The van der Waals surface area contributed by atoms with Gasteiger partial charge in [-0.1, -0.05) is 74.5 Å². The minimum Gasteiger partial charge on any atom is -0.299 e. The number of nitrogens with zero attached hydrogens (tertiary/aromatic N) is 1. The highest BCUT2D eigenvalue weighted by molar-refractivity contribution is 5.64. The zero-order valence-corrected chi connectivity index (χ0v) is 13.8. The van der Waals surface area contributed by atoms with Crippen LogP contribution in [-0.4, -0.2) is 9.78 Å². The van der Waals surface area contributed by atoms with Crippen molar-refractivity contribution < 1.29 is 0 Å². The summed E-state index contributed by atoms with van der Waals surface area (Å²) in [6.07, 6.45) is 0.